The molecule has 1 saturated heterocycles. The van der Waals surface area contributed by atoms with E-state index in [2.05, 4.69) is 38.8 Å². The van der Waals surface area contributed by atoms with E-state index in [-0.39, 0.29) is 58.6 Å². The van der Waals surface area contributed by atoms with Gasteiger partial charge in [0.15, 0.2) is 17.7 Å². The summed E-state index contributed by atoms with van der Waals surface area (Å²) in [7, 11) is 2.52. The van der Waals surface area contributed by atoms with E-state index < -0.39 is 85.3 Å². The largest absolute Gasteiger partial charge is 0.543 e. The predicted molar refractivity (Wildman–Crippen MR) is 440 cm³/mol. The fraction of sp³-hybridized carbons (Fsp3) is 0.330. The lowest BCUT2D eigenvalue weighted by atomic mass is 9.80. The fourth-order valence-corrected chi connectivity index (χ4v) is 16.8. The summed E-state index contributed by atoms with van der Waals surface area (Å²) in [5.74, 6) is 2.57. The number of halogens is 2. The van der Waals surface area contributed by atoms with Gasteiger partial charge >= 0.3 is 5.97 Å². The molecule has 7 atom stereocenters. The highest BCUT2D eigenvalue weighted by Crippen LogP contribution is 2.51. The van der Waals surface area contributed by atoms with Crippen molar-refractivity contribution in [2.45, 2.75) is 133 Å². The number of ether oxygens (including phenoxy) is 13. The van der Waals surface area contributed by atoms with E-state index in [4.69, 9.17) is 96.7 Å². The Hall–Kier alpha value is -10.1. The van der Waals surface area contributed by atoms with Gasteiger partial charge in [0.25, 0.3) is 10.1 Å². The fourth-order valence-electron chi connectivity index (χ4n) is 13.4. The van der Waals surface area contributed by atoms with Gasteiger partial charge < -0.3 is 66.0 Å². The third kappa shape index (κ3) is 18.9. The molecule has 22 nitrogen and oxygen atoms in total. The number of aryl methyl sites for hydroxylation is 1. The highest BCUT2D eigenvalue weighted by Gasteiger charge is 2.48. The molecule has 0 spiro atoms. The van der Waals surface area contributed by atoms with Crippen LogP contribution < -0.4 is 37.6 Å². The number of nitrogens with zero attached hydrogens (tertiary/aromatic N) is 4. The van der Waals surface area contributed by atoms with Gasteiger partial charge in [0.2, 0.25) is 20.3 Å². The molecule has 1 fully saturated rings. The minimum Gasteiger partial charge on any atom is -0.543 e. The second-order valence-corrected chi connectivity index (χ2v) is 36.7. The van der Waals surface area contributed by atoms with Crippen LogP contribution in [0.3, 0.4) is 0 Å². The molecular formula is C88H94ClFN4O18S2Si. The van der Waals surface area contributed by atoms with E-state index in [0.717, 1.165) is 16.7 Å². The first kappa shape index (κ1) is 84.3. The van der Waals surface area contributed by atoms with Gasteiger partial charge in [-0.15, -0.1) is 11.3 Å². The first-order chi connectivity index (χ1) is 55.2. The number of methoxy groups -OCH3 is 6. The van der Waals surface area contributed by atoms with Crippen LogP contribution in [-0.2, 0) is 66.1 Å². The van der Waals surface area contributed by atoms with E-state index in [0.29, 0.717) is 94.3 Å². The summed E-state index contributed by atoms with van der Waals surface area (Å²) in [6.45, 7) is 17.4. The summed E-state index contributed by atoms with van der Waals surface area (Å²) >= 11 is 8.69. The maximum Gasteiger partial charge on any atom is 0.347 e. The third-order valence-corrected chi connectivity index (χ3v) is 27.8. The van der Waals surface area contributed by atoms with Crippen LogP contribution in [0.1, 0.15) is 73.7 Å². The monoisotopic (exact) mass is 1640 g/mol. The van der Waals surface area contributed by atoms with Crippen molar-refractivity contribution >= 4 is 57.6 Å². The number of fused-ring (bicyclic) bond motifs is 1. The Kier molecular flexibility index (Phi) is 27.0. The lowest BCUT2D eigenvalue weighted by Crippen LogP contribution is -2.61. The van der Waals surface area contributed by atoms with Gasteiger partial charge in [-0.25, -0.2) is 29.1 Å². The van der Waals surface area contributed by atoms with E-state index in [1.165, 1.54) is 49.0 Å². The number of hydrogen-bond acceptors (Lipinski definition) is 23. The number of thiophene rings is 1. The summed E-state index contributed by atoms with van der Waals surface area (Å²) in [6, 6.07) is 53.5. The molecule has 0 bridgehead atoms. The Morgan fingerprint density at radius 2 is 1.34 bits per heavy atom. The number of benzene rings is 8. The summed E-state index contributed by atoms with van der Waals surface area (Å²) in [4.78, 5) is 34.7. The summed E-state index contributed by atoms with van der Waals surface area (Å²) in [5.41, 5.74) is 5.66. The molecule has 604 valence electrons. The standard InChI is InChI=1S/C88H94ClFN4O18S2Si/c1-16-104-85(95)73(47-58-46-67(112-115(14,15)87(5,6)7)38-41-70(58)106-50-63-43-44-91-82(94-63)57-21-20-24-66(45-57)105-51-74-78(100-10)79(101-11)80(102-12)86(103-13)110-74)109-83-76-75(81(113-84(76)93-52-92-83)56-26-32-62(90)33-27-56)69-40-42-71(77(89)55(69)4)108-54(3)49-107-114(96,97)68-39-25-53(2)72(48-68)111-88(59-22-18-17-19-23-59,60-28-34-64(98-8)35-29-60)61-30-36-65(99-9)37-31-61/h17-46,48,52,54,73-74,78-80,86H,16,47,49-51H2,1-15H3/t54-,73?,74-,78-,79+,80+,86+/m1/s1. The van der Waals surface area contributed by atoms with Crippen LogP contribution in [0.15, 0.2) is 199 Å². The molecule has 8 aromatic carbocycles. The topological polar surface area (TPSA) is 241 Å². The van der Waals surface area contributed by atoms with Crippen molar-refractivity contribution in [2.75, 3.05) is 62.5 Å². The van der Waals surface area contributed by atoms with E-state index >= 15 is 0 Å². The average Bonchev–Trinajstić information content (AvgIpc) is 1.51. The normalized spacial score (nSPS) is 16.5. The number of esters is 1. The van der Waals surface area contributed by atoms with Gasteiger partial charge in [0.1, 0.15) is 108 Å². The highest BCUT2D eigenvalue weighted by molar-refractivity contribution is 7.86. The van der Waals surface area contributed by atoms with Gasteiger partial charge in [-0.1, -0.05) is 123 Å². The Morgan fingerprint density at radius 1 is 0.670 bits per heavy atom. The molecule has 12 rings (SSSR count). The summed E-state index contributed by atoms with van der Waals surface area (Å²) < 4.78 is 136. The van der Waals surface area contributed by atoms with E-state index in [1.807, 2.05) is 129 Å². The molecule has 1 aliphatic heterocycles. The zero-order chi connectivity index (χ0) is 81.9. The number of aromatic nitrogens is 4. The zero-order valence-electron chi connectivity index (χ0n) is 66.8. The smallest absolute Gasteiger partial charge is 0.347 e. The van der Waals surface area contributed by atoms with Crippen molar-refractivity contribution in [2.24, 2.45) is 0 Å². The lowest BCUT2D eigenvalue weighted by Gasteiger charge is -2.44. The van der Waals surface area contributed by atoms with Gasteiger partial charge in [0, 0.05) is 85.4 Å². The van der Waals surface area contributed by atoms with Crippen molar-refractivity contribution in [3.05, 3.63) is 244 Å². The molecule has 0 amide bonds. The van der Waals surface area contributed by atoms with Crippen LogP contribution in [-0.4, -0.2) is 148 Å². The number of rotatable bonds is 34. The molecule has 1 unspecified atom stereocenters. The first-order valence-electron chi connectivity index (χ1n) is 37.4. The molecule has 4 heterocycles. The van der Waals surface area contributed by atoms with Gasteiger partial charge in [-0.3, -0.25) is 4.18 Å². The molecule has 0 radical (unpaired) electrons. The van der Waals surface area contributed by atoms with Crippen molar-refractivity contribution in [3.8, 4) is 79.1 Å². The molecule has 3 aromatic heterocycles. The van der Waals surface area contributed by atoms with Crippen LogP contribution >= 0.6 is 22.9 Å². The maximum atomic E-state index is 14.8. The van der Waals surface area contributed by atoms with Gasteiger partial charge in [0.05, 0.1) is 41.8 Å². The van der Waals surface area contributed by atoms with Crippen LogP contribution in [0.4, 0.5) is 4.39 Å². The van der Waals surface area contributed by atoms with Crippen LogP contribution in [0.5, 0.6) is 46.1 Å². The summed E-state index contributed by atoms with van der Waals surface area (Å²) in [5, 5.41) is 0.430. The van der Waals surface area contributed by atoms with E-state index in [9.17, 15) is 17.6 Å². The molecule has 11 aromatic rings. The molecule has 0 N–H and O–H groups in total. The quantitative estimate of drug-likeness (QED) is 0.0157. The molecular weight excluding hydrogens is 1550 g/mol. The van der Waals surface area contributed by atoms with Crippen LogP contribution in [0.25, 0.3) is 43.2 Å². The van der Waals surface area contributed by atoms with Crippen LogP contribution in [0, 0.1) is 19.7 Å². The predicted octanol–water partition coefficient (Wildman–Crippen LogP) is 17.8. The average molecular weight is 1640 g/mol. The highest BCUT2D eigenvalue weighted by atomic mass is 35.5. The molecule has 0 saturated carbocycles. The lowest BCUT2D eigenvalue weighted by molar-refractivity contribution is -0.305. The Labute approximate surface area is 680 Å². The third-order valence-electron chi connectivity index (χ3n) is 20.5. The number of carbonyl (C=O) groups is 1. The minimum atomic E-state index is -4.48. The minimum absolute atomic E-state index is 0.0203. The second-order valence-electron chi connectivity index (χ2n) is 29.0. The Morgan fingerprint density at radius 3 is 1.99 bits per heavy atom. The molecule has 27 heteroatoms. The molecule has 115 heavy (non-hydrogen) atoms. The summed E-state index contributed by atoms with van der Waals surface area (Å²) in [6.07, 6.45) is -2.21. The van der Waals surface area contributed by atoms with Crippen molar-refractivity contribution in [1.82, 2.24) is 19.9 Å². The van der Waals surface area contributed by atoms with Crippen LogP contribution in [0.2, 0.25) is 23.2 Å². The zero-order valence-corrected chi connectivity index (χ0v) is 70.2. The SMILES string of the molecule is CCOC(=O)C(Cc1cc(O[Si](C)(C)C(C)(C)C)ccc1OCc1ccnc(-c2cccc(OC[C@H]3O[C@H](OC)[C@@H](OC)[C@@H](OC)[C@@H]3OC)c2)n1)Oc1ncnc2sc(-c3ccc(F)cc3)c(-c3ccc(O[C@H](C)COS(=O)(=O)c4ccc(C)c(OC(c5ccccc5)(c5ccc(OC)cc5)c5ccc(OC)cc5)c4)c(Cl)c3C)c12. The molecule has 1 aliphatic rings. The Bertz CT molecular complexity index is 5250. The van der Waals surface area contributed by atoms with Crippen molar-refractivity contribution in [3.63, 3.8) is 0 Å². The number of hydrogen-bond donors (Lipinski definition) is 0. The Balaban J connectivity index is 0.813. The second kappa shape index (κ2) is 36.8. The maximum absolute atomic E-state index is 14.8. The van der Waals surface area contributed by atoms with Gasteiger partial charge in [-0.2, -0.15) is 8.42 Å². The first-order valence-corrected chi connectivity index (χ1v) is 42.9. The van der Waals surface area contributed by atoms with Crippen molar-refractivity contribution in [1.29, 1.82) is 0 Å². The number of carbonyl (C=O) groups excluding carboxylic acids is 1. The van der Waals surface area contributed by atoms with Crippen molar-refractivity contribution < 1.29 is 87.8 Å². The molecule has 0 aliphatic carbocycles. The van der Waals surface area contributed by atoms with E-state index in [1.54, 1.807) is 98.1 Å². The van der Waals surface area contributed by atoms with Gasteiger partial charge in [-0.05, 0) is 153 Å².